The van der Waals surface area contributed by atoms with Gasteiger partial charge in [0.2, 0.25) is 0 Å². The first kappa shape index (κ1) is 11.8. The van der Waals surface area contributed by atoms with Crippen LogP contribution in [0.25, 0.3) is 10.9 Å². The van der Waals surface area contributed by atoms with Crippen molar-refractivity contribution in [1.82, 2.24) is 20.0 Å². The van der Waals surface area contributed by atoms with Gasteiger partial charge in [0.25, 0.3) is 0 Å². The topological polar surface area (TPSA) is 63.8 Å². The summed E-state index contributed by atoms with van der Waals surface area (Å²) in [6.45, 7) is 0. The molecule has 0 saturated heterocycles. The van der Waals surface area contributed by atoms with E-state index in [-0.39, 0.29) is 0 Å². The van der Waals surface area contributed by atoms with Crippen molar-refractivity contribution >= 4 is 10.9 Å². The molecule has 1 atom stereocenters. The summed E-state index contributed by atoms with van der Waals surface area (Å²) in [5.41, 5.74) is 2.53. The number of aryl methyl sites for hydroxylation is 1. The predicted molar refractivity (Wildman–Crippen MR) is 71.4 cm³/mol. The number of aromatic nitrogens is 4. The molecule has 0 bridgehead atoms. The summed E-state index contributed by atoms with van der Waals surface area (Å²) >= 11 is 0. The molecule has 1 N–H and O–H groups in total. The second-order valence-electron chi connectivity index (χ2n) is 4.52. The van der Waals surface area contributed by atoms with Gasteiger partial charge in [-0.2, -0.15) is 0 Å². The molecule has 0 fully saturated rings. The zero-order valence-electron chi connectivity index (χ0n) is 10.6. The lowest BCUT2D eigenvalue weighted by Gasteiger charge is -2.11. The Hall–Kier alpha value is -2.27. The first-order valence-corrected chi connectivity index (χ1v) is 6.11. The van der Waals surface area contributed by atoms with Crippen molar-refractivity contribution in [3.63, 3.8) is 0 Å². The van der Waals surface area contributed by atoms with Gasteiger partial charge in [-0.05, 0) is 17.7 Å². The monoisotopic (exact) mass is 254 g/mol. The number of aliphatic hydroxyl groups excluding tert-OH is 1. The first-order chi connectivity index (χ1) is 9.24. The number of pyridine rings is 1. The molecule has 5 heteroatoms. The molecule has 3 aromatic rings. The Kier molecular flexibility index (Phi) is 2.97. The molecular formula is C14H14N4O. The smallest absolute Gasteiger partial charge is 0.0856 e. The minimum Gasteiger partial charge on any atom is -0.388 e. The van der Waals surface area contributed by atoms with Crippen molar-refractivity contribution in [2.75, 3.05) is 0 Å². The molecule has 1 aromatic carbocycles. The fraction of sp³-hybridized carbons (Fsp3) is 0.214. The van der Waals surface area contributed by atoms with Gasteiger partial charge in [-0.1, -0.05) is 23.4 Å². The Bertz CT molecular complexity index is 702. The average molecular weight is 254 g/mol. The molecule has 5 nitrogen and oxygen atoms in total. The van der Waals surface area contributed by atoms with E-state index >= 15 is 0 Å². The molecule has 0 amide bonds. The van der Waals surface area contributed by atoms with E-state index in [4.69, 9.17) is 0 Å². The Balaban J connectivity index is 1.95. The normalized spacial score (nSPS) is 12.7. The molecular weight excluding hydrogens is 240 g/mol. The van der Waals surface area contributed by atoms with Crippen LogP contribution >= 0.6 is 0 Å². The molecule has 0 aliphatic heterocycles. The first-order valence-electron chi connectivity index (χ1n) is 6.11. The Morgan fingerprint density at radius 1 is 1.26 bits per heavy atom. The van der Waals surface area contributed by atoms with Crippen molar-refractivity contribution in [3.05, 3.63) is 54.0 Å². The highest BCUT2D eigenvalue weighted by atomic mass is 16.3. The van der Waals surface area contributed by atoms with Crippen molar-refractivity contribution in [2.24, 2.45) is 7.05 Å². The van der Waals surface area contributed by atoms with Crippen LogP contribution in [0.15, 0.2) is 42.7 Å². The molecule has 0 saturated carbocycles. The molecule has 2 heterocycles. The Morgan fingerprint density at radius 2 is 2.11 bits per heavy atom. The van der Waals surface area contributed by atoms with Crippen LogP contribution in [-0.2, 0) is 13.5 Å². The van der Waals surface area contributed by atoms with Gasteiger partial charge in [0, 0.05) is 31.2 Å². The third-order valence-electron chi connectivity index (χ3n) is 3.09. The maximum Gasteiger partial charge on any atom is 0.0856 e. The summed E-state index contributed by atoms with van der Waals surface area (Å²) in [4.78, 5) is 4.29. The lowest BCUT2D eigenvalue weighted by Crippen LogP contribution is -2.03. The highest BCUT2D eigenvalue weighted by Gasteiger charge is 2.13. The van der Waals surface area contributed by atoms with Gasteiger partial charge in [-0.25, -0.2) is 0 Å². The summed E-state index contributed by atoms with van der Waals surface area (Å²) in [5.74, 6) is 0. The molecule has 96 valence electrons. The second kappa shape index (κ2) is 4.78. The highest BCUT2D eigenvalue weighted by Crippen LogP contribution is 2.24. The van der Waals surface area contributed by atoms with E-state index in [9.17, 15) is 5.11 Å². The molecule has 0 aliphatic carbocycles. The maximum absolute atomic E-state index is 10.4. The average Bonchev–Trinajstić information content (AvgIpc) is 2.83. The van der Waals surface area contributed by atoms with E-state index in [1.165, 1.54) is 0 Å². The van der Waals surface area contributed by atoms with E-state index < -0.39 is 6.10 Å². The summed E-state index contributed by atoms with van der Waals surface area (Å²) in [5, 5.41) is 19.2. The number of rotatable bonds is 3. The number of aliphatic hydroxyl groups is 1. The van der Waals surface area contributed by atoms with Crippen molar-refractivity contribution in [3.8, 4) is 0 Å². The Morgan fingerprint density at radius 3 is 2.89 bits per heavy atom. The molecule has 0 radical (unpaired) electrons. The fourth-order valence-electron chi connectivity index (χ4n) is 2.21. The van der Waals surface area contributed by atoms with Crippen LogP contribution in [0.5, 0.6) is 0 Å². The summed E-state index contributed by atoms with van der Waals surface area (Å²) in [6, 6.07) is 9.64. The van der Waals surface area contributed by atoms with Gasteiger partial charge in [0.05, 0.1) is 17.3 Å². The number of hydrogen-bond acceptors (Lipinski definition) is 4. The van der Waals surface area contributed by atoms with E-state index in [1.54, 1.807) is 10.9 Å². The van der Waals surface area contributed by atoms with Gasteiger partial charge in [-0.3, -0.25) is 9.67 Å². The molecule has 3 rings (SSSR count). The number of hydrogen-bond donors (Lipinski definition) is 1. The molecule has 19 heavy (non-hydrogen) atoms. The van der Waals surface area contributed by atoms with Gasteiger partial charge < -0.3 is 5.11 Å². The van der Waals surface area contributed by atoms with Crippen LogP contribution < -0.4 is 0 Å². The van der Waals surface area contributed by atoms with E-state index in [2.05, 4.69) is 15.3 Å². The van der Waals surface area contributed by atoms with Gasteiger partial charge in [0.15, 0.2) is 0 Å². The van der Waals surface area contributed by atoms with Crippen LogP contribution in [0.3, 0.4) is 0 Å². The van der Waals surface area contributed by atoms with Gasteiger partial charge >= 0.3 is 0 Å². The highest BCUT2D eigenvalue weighted by molar-refractivity contribution is 5.82. The predicted octanol–water partition coefficient (Wildman–Crippen LogP) is 1.64. The van der Waals surface area contributed by atoms with Crippen LogP contribution in [0.1, 0.15) is 17.4 Å². The van der Waals surface area contributed by atoms with E-state index in [1.807, 2.05) is 43.6 Å². The van der Waals surface area contributed by atoms with Crippen LogP contribution in [-0.4, -0.2) is 25.1 Å². The summed E-state index contributed by atoms with van der Waals surface area (Å²) in [7, 11) is 1.81. The standard InChI is InChI=1S/C14H14N4O/c1-18-9-10(16-17-18)8-14(19)12-6-7-15-13-5-3-2-4-11(12)13/h2-7,9,14,19H,8H2,1H3. The summed E-state index contributed by atoms with van der Waals surface area (Å²) < 4.78 is 1.63. The third kappa shape index (κ3) is 2.32. The van der Waals surface area contributed by atoms with Gasteiger partial charge in [-0.15, -0.1) is 5.10 Å². The van der Waals surface area contributed by atoms with E-state index in [0.717, 1.165) is 22.2 Å². The minimum atomic E-state index is -0.607. The van der Waals surface area contributed by atoms with E-state index in [0.29, 0.717) is 6.42 Å². The Labute approximate surface area is 110 Å². The number of benzene rings is 1. The largest absolute Gasteiger partial charge is 0.388 e. The molecule has 2 aromatic heterocycles. The zero-order valence-corrected chi connectivity index (χ0v) is 10.6. The van der Waals surface area contributed by atoms with Crippen LogP contribution in [0, 0.1) is 0 Å². The van der Waals surface area contributed by atoms with Crippen molar-refractivity contribution in [1.29, 1.82) is 0 Å². The zero-order chi connectivity index (χ0) is 13.2. The fourth-order valence-corrected chi connectivity index (χ4v) is 2.21. The lowest BCUT2D eigenvalue weighted by molar-refractivity contribution is 0.178. The number of fused-ring (bicyclic) bond motifs is 1. The number of para-hydroxylation sites is 1. The second-order valence-corrected chi connectivity index (χ2v) is 4.52. The lowest BCUT2D eigenvalue weighted by atomic mass is 10.0. The maximum atomic E-state index is 10.4. The van der Waals surface area contributed by atoms with Gasteiger partial charge in [0.1, 0.15) is 0 Å². The van der Waals surface area contributed by atoms with Crippen LogP contribution in [0.4, 0.5) is 0 Å². The van der Waals surface area contributed by atoms with Crippen LogP contribution in [0.2, 0.25) is 0 Å². The minimum absolute atomic E-state index is 0.446. The summed E-state index contributed by atoms with van der Waals surface area (Å²) in [6.07, 6.45) is 3.37. The molecule has 0 spiro atoms. The van der Waals surface area contributed by atoms with Crippen molar-refractivity contribution in [2.45, 2.75) is 12.5 Å². The van der Waals surface area contributed by atoms with Crippen molar-refractivity contribution < 1.29 is 5.11 Å². The third-order valence-corrected chi connectivity index (χ3v) is 3.09. The SMILES string of the molecule is Cn1cc(CC(O)c2ccnc3ccccc23)nn1. The quantitative estimate of drug-likeness (QED) is 0.771. The molecule has 1 unspecified atom stereocenters. The number of nitrogens with zero attached hydrogens (tertiary/aromatic N) is 4. The molecule has 0 aliphatic rings.